The lowest BCUT2D eigenvalue weighted by molar-refractivity contribution is 0.0487. The third-order valence-electron chi connectivity index (χ3n) is 1.87. The van der Waals surface area contributed by atoms with Crippen LogP contribution in [0.5, 0.6) is 0 Å². The second-order valence-corrected chi connectivity index (χ2v) is 4.44. The zero-order valence-electron chi connectivity index (χ0n) is 9.04. The van der Waals surface area contributed by atoms with Crippen LogP contribution in [0, 0.1) is 5.92 Å². The van der Waals surface area contributed by atoms with E-state index in [1.807, 2.05) is 13.8 Å². The van der Waals surface area contributed by atoms with E-state index >= 15 is 0 Å². The minimum atomic E-state index is -0.526. The molecule has 4 nitrogen and oxygen atoms in total. The van der Waals surface area contributed by atoms with Crippen LogP contribution in [0.4, 0.5) is 0 Å². The van der Waals surface area contributed by atoms with Gasteiger partial charge in [0.05, 0.1) is 6.61 Å². The molecule has 16 heavy (non-hydrogen) atoms. The third-order valence-corrected chi connectivity index (χ3v) is 2.33. The molecular formula is C10H12Cl2N2O2. The van der Waals surface area contributed by atoms with Crippen LogP contribution in [0.25, 0.3) is 0 Å². The van der Waals surface area contributed by atoms with Crippen molar-refractivity contribution in [3.63, 3.8) is 0 Å². The minimum Gasteiger partial charge on any atom is -0.462 e. The Morgan fingerprint density at radius 2 is 2.12 bits per heavy atom. The van der Waals surface area contributed by atoms with Gasteiger partial charge in [-0.05, 0) is 18.4 Å². The van der Waals surface area contributed by atoms with E-state index in [4.69, 9.17) is 27.9 Å². The largest absolute Gasteiger partial charge is 0.462 e. The van der Waals surface area contributed by atoms with Crippen LogP contribution >= 0.6 is 23.2 Å². The van der Waals surface area contributed by atoms with E-state index in [0.717, 1.165) is 6.42 Å². The number of esters is 1. The van der Waals surface area contributed by atoms with Crippen molar-refractivity contribution in [2.75, 3.05) is 6.61 Å². The molecule has 1 rings (SSSR count). The summed E-state index contributed by atoms with van der Waals surface area (Å²) in [5.74, 6) is -0.0510. The van der Waals surface area contributed by atoms with Crippen LogP contribution in [0.1, 0.15) is 30.6 Å². The molecule has 1 aromatic rings. The van der Waals surface area contributed by atoms with Crippen LogP contribution in [-0.4, -0.2) is 22.8 Å². The Labute approximate surface area is 104 Å². The number of aromatic nitrogens is 2. The van der Waals surface area contributed by atoms with Crippen molar-refractivity contribution >= 4 is 29.2 Å². The summed E-state index contributed by atoms with van der Waals surface area (Å²) in [5.41, 5.74) is 0.144. The van der Waals surface area contributed by atoms with E-state index in [-0.39, 0.29) is 15.9 Å². The Morgan fingerprint density at radius 3 is 2.75 bits per heavy atom. The van der Waals surface area contributed by atoms with Gasteiger partial charge in [-0.25, -0.2) is 4.79 Å². The summed E-state index contributed by atoms with van der Waals surface area (Å²) < 4.78 is 5.02. The Balaban J connectivity index is 2.62. The summed E-state index contributed by atoms with van der Waals surface area (Å²) in [7, 11) is 0. The summed E-state index contributed by atoms with van der Waals surface area (Å²) in [4.78, 5) is 11.6. The zero-order valence-corrected chi connectivity index (χ0v) is 10.5. The molecule has 0 atom stereocenters. The van der Waals surface area contributed by atoms with E-state index in [9.17, 15) is 4.79 Å². The second kappa shape index (κ2) is 6.01. The standard InChI is InChI=1S/C10H12Cl2N2O2/c1-6(2)3-4-16-10(15)7-5-8(11)13-14-9(7)12/h5-6H,3-4H2,1-2H3. The van der Waals surface area contributed by atoms with E-state index in [0.29, 0.717) is 12.5 Å². The fourth-order valence-corrected chi connectivity index (χ4v) is 1.28. The van der Waals surface area contributed by atoms with Gasteiger partial charge in [0, 0.05) is 0 Å². The molecule has 0 aliphatic rings. The van der Waals surface area contributed by atoms with Gasteiger partial charge in [-0.2, -0.15) is 0 Å². The summed E-state index contributed by atoms with van der Waals surface area (Å²) in [5, 5.41) is 7.14. The van der Waals surface area contributed by atoms with Crippen molar-refractivity contribution in [3.8, 4) is 0 Å². The Morgan fingerprint density at radius 1 is 1.44 bits per heavy atom. The highest BCUT2D eigenvalue weighted by atomic mass is 35.5. The quantitative estimate of drug-likeness (QED) is 0.783. The number of nitrogens with zero attached hydrogens (tertiary/aromatic N) is 2. The van der Waals surface area contributed by atoms with Gasteiger partial charge in [0.15, 0.2) is 10.3 Å². The fraction of sp³-hybridized carbons (Fsp3) is 0.500. The molecule has 0 amide bonds. The number of halogens is 2. The molecule has 0 radical (unpaired) electrons. The molecule has 0 aliphatic carbocycles. The average Bonchev–Trinajstić information content (AvgIpc) is 2.21. The highest BCUT2D eigenvalue weighted by Gasteiger charge is 2.14. The van der Waals surface area contributed by atoms with E-state index < -0.39 is 5.97 Å². The van der Waals surface area contributed by atoms with Gasteiger partial charge < -0.3 is 4.74 Å². The molecule has 6 heteroatoms. The van der Waals surface area contributed by atoms with Gasteiger partial charge in [0.1, 0.15) is 5.56 Å². The summed E-state index contributed by atoms with van der Waals surface area (Å²) >= 11 is 11.3. The summed E-state index contributed by atoms with van der Waals surface area (Å²) in [6.45, 7) is 4.45. The first-order valence-electron chi connectivity index (χ1n) is 4.86. The van der Waals surface area contributed by atoms with Crippen LogP contribution in [-0.2, 0) is 4.74 Å². The van der Waals surface area contributed by atoms with Gasteiger partial charge in [-0.1, -0.05) is 37.0 Å². The fourth-order valence-electron chi connectivity index (χ4n) is 0.961. The SMILES string of the molecule is CC(C)CCOC(=O)c1cc(Cl)nnc1Cl. The second-order valence-electron chi connectivity index (χ2n) is 3.69. The maximum Gasteiger partial charge on any atom is 0.341 e. The number of hydrogen-bond donors (Lipinski definition) is 0. The van der Waals surface area contributed by atoms with Gasteiger partial charge in [-0.3, -0.25) is 0 Å². The number of hydrogen-bond acceptors (Lipinski definition) is 4. The van der Waals surface area contributed by atoms with Crippen LogP contribution in [0.2, 0.25) is 10.3 Å². The highest BCUT2D eigenvalue weighted by Crippen LogP contribution is 2.16. The third kappa shape index (κ3) is 3.94. The molecular weight excluding hydrogens is 251 g/mol. The first kappa shape index (κ1) is 13.2. The van der Waals surface area contributed by atoms with Crippen LogP contribution in [0.15, 0.2) is 6.07 Å². The van der Waals surface area contributed by atoms with Crippen LogP contribution < -0.4 is 0 Å². The molecule has 1 heterocycles. The van der Waals surface area contributed by atoms with Crippen molar-refractivity contribution < 1.29 is 9.53 Å². The lowest BCUT2D eigenvalue weighted by atomic mass is 10.1. The summed E-state index contributed by atoms with van der Waals surface area (Å²) in [6.07, 6.45) is 0.801. The first-order valence-corrected chi connectivity index (χ1v) is 5.62. The molecule has 0 N–H and O–H groups in total. The lowest BCUT2D eigenvalue weighted by Crippen LogP contribution is -2.09. The number of rotatable bonds is 4. The predicted octanol–water partition coefficient (Wildman–Crippen LogP) is 2.99. The topological polar surface area (TPSA) is 52.1 Å². The Bertz CT molecular complexity index is 383. The first-order chi connectivity index (χ1) is 7.50. The average molecular weight is 263 g/mol. The molecule has 0 saturated carbocycles. The van der Waals surface area contributed by atoms with E-state index in [1.165, 1.54) is 6.07 Å². The monoisotopic (exact) mass is 262 g/mol. The Kier molecular flexibility index (Phi) is 4.96. The molecule has 0 fully saturated rings. The Hall–Kier alpha value is -0.870. The molecule has 0 aliphatic heterocycles. The van der Waals surface area contributed by atoms with E-state index in [2.05, 4.69) is 10.2 Å². The summed E-state index contributed by atoms with van der Waals surface area (Å²) in [6, 6.07) is 1.34. The maximum absolute atomic E-state index is 11.6. The number of ether oxygens (including phenoxy) is 1. The van der Waals surface area contributed by atoms with Crippen molar-refractivity contribution in [2.45, 2.75) is 20.3 Å². The highest BCUT2D eigenvalue weighted by molar-refractivity contribution is 6.33. The molecule has 0 spiro atoms. The van der Waals surface area contributed by atoms with Crippen molar-refractivity contribution in [1.82, 2.24) is 10.2 Å². The molecule has 0 bridgehead atoms. The molecule has 88 valence electrons. The maximum atomic E-state index is 11.6. The minimum absolute atomic E-state index is 0.000975. The van der Waals surface area contributed by atoms with Crippen molar-refractivity contribution in [2.24, 2.45) is 5.92 Å². The molecule has 0 aromatic carbocycles. The van der Waals surface area contributed by atoms with Crippen LogP contribution in [0.3, 0.4) is 0 Å². The molecule has 0 saturated heterocycles. The number of carbonyl (C=O) groups is 1. The molecule has 1 aromatic heterocycles. The van der Waals surface area contributed by atoms with Crippen molar-refractivity contribution in [3.05, 3.63) is 21.9 Å². The normalized spacial score (nSPS) is 10.6. The van der Waals surface area contributed by atoms with Gasteiger partial charge >= 0.3 is 5.97 Å². The lowest BCUT2D eigenvalue weighted by Gasteiger charge is -2.07. The van der Waals surface area contributed by atoms with Gasteiger partial charge in [0.25, 0.3) is 0 Å². The smallest absolute Gasteiger partial charge is 0.341 e. The zero-order chi connectivity index (χ0) is 12.1. The van der Waals surface area contributed by atoms with E-state index in [1.54, 1.807) is 0 Å². The number of carbonyl (C=O) groups excluding carboxylic acids is 1. The predicted molar refractivity (Wildman–Crippen MR) is 61.8 cm³/mol. The van der Waals surface area contributed by atoms with Gasteiger partial charge in [-0.15, -0.1) is 10.2 Å². The van der Waals surface area contributed by atoms with Gasteiger partial charge in [0.2, 0.25) is 0 Å². The van der Waals surface area contributed by atoms with Crippen molar-refractivity contribution in [1.29, 1.82) is 0 Å². The molecule has 0 unspecified atom stereocenters.